The minimum Gasteiger partial charge on any atom is -0.392 e. The fourth-order valence-electron chi connectivity index (χ4n) is 1.82. The number of hydrogen-bond donors (Lipinski definition) is 2. The Morgan fingerprint density at radius 3 is 2.32 bits per heavy atom. The van der Waals surface area contributed by atoms with Crippen LogP contribution in [0.4, 0.5) is 0 Å². The van der Waals surface area contributed by atoms with E-state index in [2.05, 4.69) is 41.7 Å². The first-order valence-electron chi connectivity index (χ1n) is 6.49. The average Bonchev–Trinajstić information content (AvgIpc) is 2.49. The summed E-state index contributed by atoms with van der Waals surface area (Å²) in [5, 5.41) is 12.3. The topological polar surface area (TPSA) is 32.3 Å². The molecule has 2 nitrogen and oxygen atoms in total. The molecule has 98 valence electrons. The van der Waals surface area contributed by atoms with Crippen molar-refractivity contribution >= 4 is 6.08 Å². The third-order valence-corrected chi connectivity index (χ3v) is 2.91. The molecular formula is C17H19NO. The van der Waals surface area contributed by atoms with E-state index in [0.717, 1.165) is 24.2 Å². The second kappa shape index (κ2) is 7.52. The van der Waals surface area contributed by atoms with E-state index in [-0.39, 0.29) is 6.61 Å². The van der Waals surface area contributed by atoms with Crippen LogP contribution < -0.4 is 5.32 Å². The molecule has 0 saturated carbocycles. The highest BCUT2D eigenvalue weighted by Gasteiger charge is 1.90. The monoisotopic (exact) mass is 253 g/mol. The molecule has 2 heteroatoms. The molecule has 0 aliphatic rings. The molecule has 0 unspecified atom stereocenters. The third-order valence-electron chi connectivity index (χ3n) is 2.91. The molecule has 0 radical (unpaired) electrons. The van der Waals surface area contributed by atoms with Crippen molar-refractivity contribution in [3.8, 4) is 0 Å². The van der Waals surface area contributed by atoms with Gasteiger partial charge in [-0.2, -0.15) is 0 Å². The predicted molar refractivity (Wildman–Crippen MR) is 79.5 cm³/mol. The van der Waals surface area contributed by atoms with Gasteiger partial charge >= 0.3 is 0 Å². The molecule has 2 rings (SSSR count). The second-order valence-electron chi connectivity index (χ2n) is 4.42. The molecule has 0 amide bonds. The van der Waals surface area contributed by atoms with E-state index in [0.29, 0.717) is 0 Å². The summed E-state index contributed by atoms with van der Waals surface area (Å²) in [5.41, 5.74) is 3.39. The molecular weight excluding hydrogens is 234 g/mol. The molecule has 0 aliphatic carbocycles. The first kappa shape index (κ1) is 13.5. The molecule has 19 heavy (non-hydrogen) atoms. The summed E-state index contributed by atoms with van der Waals surface area (Å²) < 4.78 is 0. The molecule has 0 bridgehead atoms. The lowest BCUT2D eigenvalue weighted by Gasteiger charge is -2.01. The molecule has 0 saturated heterocycles. The molecule has 0 heterocycles. The van der Waals surface area contributed by atoms with Gasteiger partial charge in [-0.15, -0.1) is 0 Å². The number of aliphatic hydroxyl groups excluding tert-OH is 1. The zero-order chi connectivity index (χ0) is 13.3. The molecule has 0 fully saturated rings. The van der Waals surface area contributed by atoms with Gasteiger partial charge in [-0.3, -0.25) is 0 Å². The minimum atomic E-state index is 0.0998. The van der Waals surface area contributed by atoms with Crippen LogP contribution in [0.15, 0.2) is 60.7 Å². The largest absolute Gasteiger partial charge is 0.392 e. The van der Waals surface area contributed by atoms with Crippen LogP contribution in [0, 0.1) is 0 Å². The summed E-state index contributed by atoms with van der Waals surface area (Å²) in [5.74, 6) is 0. The zero-order valence-electron chi connectivity index (χ0n) is 10.9. The van der Waals surface area contributed by atoms with E-state index in [4.69, 9.17) is 5.11 Å². The molecule has 0 spiro atoms. The smallest absolute Gasteiger partial charge is 0.0681 e. The number of benzene rings is 2. The lowest BCUT2D eigenvalue weighted by atomic mass is 10.1. The van der Waals surface area contributed by atoms with Crippen LogP contribution in [0.2, 0.25) is 0 Å². The van der Waals surface area contributed by atoms with Gasteiger partial charge in [-0.25, -0.2) is 0 Å². The Kier molecular flexibility index (Phi) is 5.35. The van der Waals surface area contributed by atoms with E-state index in [1.54, 1.807) is 0 Å². The van der Waals surface area contributed by atoms with Crippen LogP contribution in [0.25, 0.3) is 6.08 Å². The fraction of sp³-hybridized carbons (Fsp3) is 0.176. The highest BCUT2D eigenvalue weighted by Crippen LogP contribution is 2.05. The lowest BCUT2D eigenvalue weighted by molar-refractivity contribution is 0.282. The van der Waals surface area contributed by atoms with Crippen LogP contribution in [0.1, 0.15) is 16.7 Å². The predicted octanol–water partition coefficient (Wildman–Crippen LogP) is 2.98. The summed E-state index contributed by atoms with van der Waals surface area (Å²) in [7, 11) is 0. The molecule has 2 N–H and O–H groups in total. The van der Waals surface area contributed by atoms with Crippen LogP contribution in [0.5, 0.6) is 0 Å². The van der Waals surface area contributed by atoms with Gasteiger partial charge in [0.25, 0.3) is 0 Å². The van der Waals surface area contributed by atoms with Gasteiger partial charge in [-0.05, 0) is 16.7 Å². The fourth-order valence-corrected chi connectivity index (χ4v) is 1.82. The van der Waals surface area contributed by atoms with Crippen molar-refractivity contribution in [3.05, 3.63) is 77.4 Å². The van der Waals surface area contributed by atoms with Gasteiger partial charge < -0.3 is 10.4 Å². The van der Waals surface area contributed by atoms with Gasteiger partial charge in [0, 0.05) is 13.1 Å². The lowest BCUT2D eigenvalue weighted by Crippen LogP contribution is -2.12. The van der Waals surface area contributed by atoms with Crippen molar-refractivity contribution in [3.63, 3.8) is 0 Å². The Bertz CT molecular complexity index is 503. The quantitative estimate of drug-likeness (QED) is 0.776. The van der Waals surface area contributed by atoms with Gasteiger partial charge in [0.05, 0.1) is 6.61 Å². The van der Waals surface area contributed by atoms with Crippen LogP contribution >= 0.6 is 0 Å². The average molecular weight is 253 g/mol. The number of nitrogens with one attached hydrogen (secondary N) is 1. The van der Waals surface area contributed by atoms with Crippen LogP contribution in [-0.4, -0.2) is 11.7 Å². The summed E-state index contributed by atoms with van der Waals surface area (Å²) in [4.78, 5) is 0. The molecule has 0 aliphatic heterocycles. The molecule has 0 atom stereocenters. The highest BCUT2D eigenvalue weighted by molar-refractivity contribution is 5.49. The first-order chi connectivity index (χ1) is 9.38. The first-order valence-corrected chi connectivity index (χ1v) is 6.49. The van der Waals surface area contributed by atoms with E-state index in [1.807, 2.05) is 30.3 Å². The van der Waals surface area contributed by atoms with Gasteiger partial charge in [0.1, 0.15) is 0 Å². The third kappa shape index (κ3) is 4.70. The van der Waals surface area contributed by atoms with Gasteiger partial charge in [-0.1, -0.05) is 66.7 Å². The van der Waals surface area contributed by atoms with Gasteiger partial charge in [0.15, 0.2) is 0 Å². The van der Waals surface area contributed by atoms with Crippen molar-refractivity contribution in [1.82, 2.24) is 5.32 Å². The molecule has 0 aromatic heterocycles. The Labute approximate surface area is 114 Å². The number of rotatable bonds is 6. The van der Waals surface area contributed by atoms with Crippen molar-refractivity contribution in [2.24, 2.45) is 0 Å². The molecule has 2 aromatic rings. The van der Waals surface area contributed by atoms with E-state index in [9.17, 15) is 0 Å². The normalized spacial score (nSPS) is 11.0. The standard InChI is InChI=1S/C17H19NO/c19-14-17-10-8-15(9-11-17)7-4-12-18-13-16-5-2-1-3-6-16/h1-11,18-19H,12-14H2/b7-4+. The highest BCUT2D eigenvalue weighted by atomic mass is 16.3. The Morgan fingerprint density at radius 2 is 1.63 bits per heavy atom. The second-order valence-corrected chi connectivity index (χ2v) is 4.42. The minimum absolute atomic E-state index is 0.0998. The maximum Gasteiger partial charge on any atom is 0.0681 e. The van der Waals surface area contributed by atoms with Crippen molar-refractivity contribution in [2.45, 2.75) is 13.2 Å². The van der Waals surface area contributed by atoms with Gasteiger partial charge in [0.2, 0.25) is 0 Å². The summed E-state index contributed by atoms with van der Waals surface area (Å²) >= 11 is 0. The summed E-state index contributed by atoms with van der Waals surface area (Å²) in [6.45, 7) is 1.83. The summed E-state index contributed by atoms with van der Waals surface area (Å²) in [6.07, 6.45) is 4.19. The van der Waals surface area contributed by atoms with Crippen molar-refractivity contribution < 1.29 is 5.11 Å². The van der Waals surface area contributed by atoms with E-state index in [1.165, 1.54) is 5.56 Å². The van der Waals surface area contributed by atoms with E-state index < -0.39 is 0 Å². The summed E-state index contributed by atoms with van der Waals surface area (Å²) in [6, 6.07) is 18.3. The number of aliphatic hydroxyl groups is 1. The van der Waals surface area contributed by atoms with Crippen LogP contribution in [0.3, 0.4) is 0 Å². The zero-order valence-corrected chi connectivity index (χ0v) is 10.9. The number of hydrogen-bond acceptors (Lipinski definition) is 2. The maximum atomic E-state index is 8.95. The maximum absolute atomic E-state index is 8.95. The van der Waals surface area contributed by atoms with Crippen molar-refractivity contribution in [1.29, 1.82) is 0 Å². The SMILES string of the molecule is OCc1ccc(/C=C/CNCc2ccccc2)cc1. The molecule has 2 aromatic carbocycles. The Morgan fingerprint density at radius 1 is 0.895 bits per heavy atom. The van der Waals surface area contributed by atoms with E-state index >= 15 is 0 Å². The van der Waals surface area contributed by atoms with Crippen molar-refractivity contribution in [2.75, 3.05) is 6.54 Å². The van der Waals surface area contributed by atoms with Crippen LogP contribution in [-0.2, 0) is 13.2 Å². The Hall–Kier alpha value is -1.90. The Balaban J connectivity index is 1.74.